The van der Waals surface area contributed by atoms with Gasteiger partial charge < -0.3 is 23.8 Å². The zero-order chi connectivity index (χ0) is 25.9. The van der Waals surface area contributed by atoms with Crippen molar-refractivity contribution in [1.29, 1.82) is 0 Å². The van der Waals surface area contributed by atoms with E-state index >= 15 is 0 Å². The second-order valence-corrected chi connectivity index (χ2v) is 8.14. The van der Waals surface area contributed by atoms with Crippen LogP contribution in [0.5, 0.6) is 17.2 Å². The first-order chi connectivity index (χ1) is 18.1. The van der Waals surface area contributed by atoms with E-state index < -0.39 is 5.91 Å². The molecule has 2 amide bonds. The molecule has 1 fully saturated rings. The summed E-state index contributed by atoms with van der Waals surface area (Å²) in [5.74, 6) is 1.00. The SMILES string of the molecule is COc1cc(/C=N\NC(=O)COc2ccccc2-c2ccccc2)ccc1OCC(=O)N1CCOCC1. The Kier molecular flexibility index (Phi) is 9.09. The second kappa shape index (κ2) is 13.1. The number of carbonyl (C=O) groups is 2. The Morgan fingerprint density at radius 3 is 2.43 bits per heavy atom. The molecule has 4 rings (SSSR count). The maximum Gasteiger partial charge on any atom is 0.277 e. The van der Waals surface area contributed by atoms with Crippen molar-refractivity contribution in [3.05, 3.63) is 78.4 Å². The molecule has 1 aliphatic heterocycles. The quantitative estimate of drug-likeness (QED) is 0.337. The molecule has 3 aromatic rings. The predicted octanol–water partition coefficient (Wildman–Crippen LogP) is 3.13. The molecule has 0 radical (unpaired) electrons. The van der Waals surface area contributed by atoms with E-state index in [1.54, 1.807) is 23.1 Å². The van der Waals surface area contributed by atoms with Crippen LogP contribution >= 0.6 is 0 Å². The average Bonchev–Trinajstić information content (AvgIpc) is 2.96. The van der Waals surface area contributed by atoms with Gasteiger partial charge in [-0.3, -0.25) is 9.59 Å². The van der Waals surface area contributed by atoms with Crippen LogP contribution < -0.4 is 19.6 Å². The minimum atomic E-state index is -0.396. The molecule has 0 aromatic heterocycles. The van der Waals surface area contributed by atoms with Crippen molar-refractivity contribution < 1.29 is 28.5 Å². The van der Waals surface area contributed by atoms with Crippen LogP contribution in [-0.2, 0) is 14.3 Å². The first-order valence-electron chi connectivity index (χ1n) is 11.9. The Hall–Kier alpha value is -4.37. The highest BCUT2D eigenvalue weighted by Gasteiger charge is 2.18. The average molecular weight is 504 g/mol. The monoisotopic (exact) mass is 503 g/mol. The molecule has 37 heavy (non-hydrogen) atoms. The van der Waals surface area contributed by atoms with Crippen molar-refractivity contribution in [1.82, 2.24) is 10.3 Å². The molecule has 0 spiro atoms. The molecule has 0 bridgehead atoms. The van der Waals surface area contributed by atoms with Gasteiger partial charge in [0.05, 0.1) is 26.5 Å². The normalized spacial score (nSPS) is 13.3. The number of ether oxygens (including phenoxy) is 4. The topological polar surface area (TPSA) is 98.7 Å². The summed E-state index contributed by atoms with van der Waals surface area (Å²) in [7, 11) is 1.51. The second-order valence-electron chi connectivity index (χ2n) is 8.14. The summed E-state index contributed by atoms with van der Waals surface area (Å²) in [6.45, 7) is 1.91. The Bertz CT molecular complexity index is 1230. The first kappa shape index (κ1) is 25.7. The number of carbonyl (C=O) groups excluding carboxylic acids is 2. The van der Waals surface area contributed by atoms with Gasteiger partial charge in [-0.25, -0.2) is 5.43 Å². The van der Waals surface area contributed by atoms with Crippen LogP contribution in [0.3, 0.4) is 0 Å². The van der Waals surface area contributed by atoms with Gasteiger partial charge in [-0.05, 0) is 35.4 Å². The van der Waals surface area contributed by atoms with E-state index in [1.165, 1.54) is 13.3 Å². The highest BCUT2D eigenvalue weighted by atomic mass is 16.5. The molecule has 9 nitrogen and oxygen atoms in total. The number of nitrogens with zero attached hydrogens (tertiary/aromatic N) is 2. The summed E-state index contributed by atoms with van der Waals surface area (Å²) >= 11 is 0. The van der Waals surface area contributed by atoms with Crippen LogP contribution in [-0.4, -0.2) is 69.6 Å². The Labute approximate surface area is 215 Å². The van der Waals surface area contributed by atoms with Gasteiger partial charge >= 0.3 is 0 Å². The molecular weight excluding hydrogens is 474 g/mol. The van der Waals surface area contributed by atoms with Crippen molar-refractivity contribution >= 4 is 18.0 Å². The fraction of sp³-hybridized carbons (Fsp3) is 0.250. The molecular formula is C28H29N3O6. The minimum absolute atomic E-state index is 0.0900. The lowest BCUT2D eigenvalue weighted by atomic mass is 10.1. The predicted molar refractivity (Wildman–Crippen MR) is 139 cm³/mol. The first-order valence-corrected chi connectivity index (χ1v) is 11.9. The molecule has 1 saturated heterocycles. The number of rotatable bonds is 10. The van der Waals surface area contributed by atoms with E-state index in [0.29, 0.717) is 49.1 Å². The van der Waals surface area contributed by atoms with Gasteiger partial charge in [-0.15, -0.1) is 0 Å². The molecule has 0 aliphatic carbocycles. The Balaban J connectivity index is 1.28. The number of hydrogen-bond acceptors (Lipinski definition) is 7. The highest BCUT2D eigenvalue weighted by Crippen LogP contribution is 2.29. The van der Waals surface area contributed by atoms with Gasteiger partial charge in [0, 0.05) is 18.7 Å². The van der Waals surface area contributed by atoms with Crippen LogP contribution in [0.4, 0.5) is 0 Å². The summed E-state index contributed by atoms with van der Waals surface area (Å²) < 4.78 is 22.1. The van der Waals surface area contributed by atoms with Crippen LogP contribution in [0, 0.1) is 0 Å². The van der Waals surface area contributed by atoms with Crippen molar-refractivity contribution in [2.75, 3.05) is 46.6 Å². The van der Waals surface area contributed by atoms with Gasteiger partial charge in [0.25, 0.3) is 11.8 Å². The van der Waals surface area contributed by atoms with Gasteiger partial charge in [0.1, 0.15) is 5.75 Å². The van der Waals surface area contributed by atoms with Crippen molar-refractivity contribution in [2.45, 2.75) is 0 Å². The lowest BCUT2D eigenvalue weighted by Gasteiger charge is -2.26. The van der Waals surface area contributed by atoms with E-state index in [-0.39, 0.29) is 19.1 Å². The number of methoxy groups -OCH3 is 1. The number of benzene rings is 3. The molecule has 0 unspecified atom stereocenters. The maximum absolute atomic E-state index is 12.3. The zero-order valence-corrected chi connectivity index (χ0v) is 20.6. The largest absolute Gasteiger partial charge is 0.493 e. The van der Waals surface area contributed by atoms with Gasteiger partial charge in [0.2, 0.25) is 0 Å². The number of para-hydroxylation sites is 1. The lowest BCUT2D eigenvalue weighted by Crippen LogP contribution is -2.43. The fourth-order valence-electron chi connectivity index (χ4n) is 3.73. The summed E-state index contributed by atoms with van der Waals surface area (Å²) in [4.78, 5) is 26.3. The van der Waals surface area contributed by atoms with Gasteiger partial charge in [-0.2, -0.15) is 5.10 Å². The van der Waals surface area contributed by atoms with Gasteiger partial charge in [-0.1, -0.05) is 48.5 Å². The number of hydrazone groups is 1. The van der Waals surface area contributed by atoms with Crippen LogP contribution in [0.15, 0.2) is 77.9 Å². The van der Waals surface area contributed by atoms with Crippen molar-refractivity contribution in [3.8, 4) is 28.4 Å². The maximum atomic E-state index is 12.3. The van der Waals surface area contributed by atoms with E-state index in [2.05, 4.69) is 10.5 Å². The minimum Gasteiger partial charge on any atom is -0.493 e. The van der Waals surface area contributed by atoms with Crippen LogP contribution in [0.1, 0.15) is 5.56 Å². The summed E-state index contributed by atoms with van der Waals surface area (Å²) in [5, 5.41) is 4.00. The smallest absolute Gasteiger partial charge is 0.277 e. The van der Waals surface area contributed by atoms with Crippen molar-refractivity contribution in [2.24, 2.45) is 5.10 Å². The van der Waals surface area contributed by atoms with Crippen LogP contribution in [0.25, 0.3) is 11.1 Å². The molecule has 1 aliphatic rings. The van der Waals surface area contributed by atoms with E-state index in [1.807, 2.05) is 54.6 Å². The number of amides is 2. The molecule has 1 heterocycles. The third-order valence-corrected chi connectivity index (χ3v) is 5.64. The van der Waals surface area contributed by atoms with E-state index in [9.17, 15) is 9.59 Å². The molecule has 192 valence electrons. The Morgan fingerprint density at radius 2 is 1.65 bits per heavy atom. The van der Waals surface area contributed by atoms with Gasteiger partial charge in [0.15, 0.2) is 24.7 Å². The number of hydrogen-bond donors (Lipinski definition) is 1. The molecule has 9 heteroatoms. The molecule has 3 aromatic carbocycles. The fourth-order valence-corrected chi connectivity index (χ4v) is 3.73. The third kappa shape index (κ3) is 7.31. The standard InChI is InChI=1S/C28H29N3O6/c1-34-26-17-21(11-12-25(26)37-20-28(33)31-13-15-35-16-14-31)18-29-30-27(32)19-36-24-10-6-5-9-23(24)22-7-3-2-4-8-22/h2-12,17-18H,13-16,19-20H2,1H3,(H,30,32)/b29-18-. The zero-order valence-electron chi connectivity index (χ0n) is 20.6. The molecule has 0 atom stereocenters. The molecule has 0 saturated carbocycles. The van der Waals surface area contributed by atoms with Crippen molar-refractivity contribution in [3.63, 3.8) is 0 Å². The van der Waals surface area contributed by atoms with E-state index in [4.69, 9.17) is 18.9 Å². The lowest BCUT2D eigenvalue weighted by molar-refractivity contribution is -0.137. The van der Waals surface area contributed by atoms with E-state index in [0.717, 1.165) is 11.1 Å². The Morgan fingerprint density at radius 1 is 0.919 bits per heavy atom. The molecule has 1 N–H and O–H groups in total. The summed E-state index contributed by atoms with van der Waals surface area (Å²) in [6.07, 6.45) is 1.49. The van der Waals surface area contributed by atoms with Crippen LogP contribution in [0.2, 0.25) is 0 Å². The summed E-state index contributed by atoms with van der Waals surface area (Å²) in [6, 6.07) is 22.5. The summed E-state index contributed by atoms with van der Waals surface area (Å²) in [5.41, 5.74) is 5.05. The third-order valence-electron chi connectivity index (χ3n) is 5.64. The highest BCUT2D eigenvalue weighted by molar-refractivity contribution is 5.84. The number of nitrogens with one attached hydrogen (secondary N) is 1. The number of morpholine rings is 1.